The Balaban J connectivity index is 1.62. The van der Waals surface area contributed by atoms with Crippen LogP contribution in [0.4, 0.5) is 0 Å². The number of hydrogen-bond donors (Lipinski definition) is 2. The fraction of sp³-hybridized carbons (Fsp3) is 1.00. The fourth-order valence-corrected chi connectivity index (χ4v) is 2.65. The van der Waals surface area contributed by atoms with Crippen molar-refractivity contribution in [2.75, 3.05) is 26.2 Å². The van der Waals surface area contributed by atoms with Crippen molar-refractivity contribution in [1.29, 1.82) is 0 Å². The molecular weight excluding hydrogens is 172 g/mol. The number of hydrogen-bond acceptors (Lipinski definition) is 2. The molecule has 0 aromatic carbocycles. The van der Waals surface area contributed by atoms with Gasteiger partial charge in [-0.05, 0) is 24.2 Å². The van der Waals surface area contributed by atoms with E-state index in [1.165, 1.54) is 58.3 Å². The summed E-state index contributed by atoms with van der Waals surface area (Å²) in [6.07, 6.45) is 7.22. The maximum atomic E-state index is 3.66. The van der Waals surface area contributed by atoms with Crippen LogP contribution in [0.1, 0.15) is 39.0 Å². The minimum absolute atomic E-state index is 0.607. The van der Waals surface area contributed by atoms with E-state index in [0.717, 1.165) is 5.92 Å². The smallest absolute Gasteiger partial charge is 0.000529 e. The summed E-state index contributed by atoms with van der Waals surface area (Å²) in [4.78, 5) is 0. The molecule has 1 saturated heterocycles. The van der Waals surface area contributed by atoms with Crippen molar-refractivity contribution in [3.05, 3.63) is 0 Å². The Kier molecular flexibility index (Phi) is 3.45. The van der Waals surface area contributed by atoms with Crippen molar-refractivity contribution in [2.24, 2.45) is 11.3 Å². The van der Waals surface area contributed by atoms with Crippen LogP contribution >= 0.6 is 0 Å². The second-order valence-corrected chi connectivity index (χ2v) is 5.53. The molecule has 0 radical (unpaired) electrons. The molecule has 0 bridgehead atoms. The Morgan fingerprint density at radius 2 is 1.93 bits per heavy atom. The van der Waals surface area contributed by atoms with Crippen LogP contribution in [0.3, 0.4) is 0 Å². The summed E-state index contributed by atoms with van der Waals surface area (Å²) in [5, 5.41) is 6.98. The van der Waals surface area contributed by atoms with Crippen LogP contribution in [0.5, 0.6) is 0 Å². The third-order valence-corrected chi connectivity index (χ3v) is 3.91. The molecule has 0 aromatic heterocycles. The quantitative estimate of drug-likeness (QED) is 0.716. The van der Waals surface area contributed by atoms with Gasteiger partial charge in [0.1, 0.15) is 0 Å². The minimum Gasteiger partial charge on any atom is -0.316 e. The molecule has 0 atom stereocenters. The summed E-state index contributed by atoms with van der Waals surface area (Å²) in [6.45, 7) is 7.37. The highest BCUT2D eigenvalue weighted by Gasteiger charge is 2.26. The number of nitrogens with one attached hydrogen (secondary N) is 2. The SMILES string of the molecule is CC1(CNCC2CNC2)CCCCC1. The van der Waals surface area contributed by atoms with Gasteiger partial charge in [-0.3, -0.25) is 0 Å². The first-order valence-corrected chi connectivity index (χ1v) is 6.20. The highest BCUT2D eigenvalue weighted by Crippen LogP contribution is 2.34. The van der Waals surface area contributed by atoms with Gasteiger partial charge in [-0.25, -0.2) is 0 Å². The number of rotatable bonds is 4. The average Bonchev–Trinajstić information content (AvgIpc) is 2.11. The van der Waals surface area contributed by atoms with Gasteiger partial charge in [-0.15, -0.1) is 0 Å². The molecule has 0 aromatic rings. The van der Waals surface area contributed by atoms with Crippen molar-refractivity contribution in [3.63, 3.8) is 0 Å². The van der Waals surface area contributed by atoms with E-state index >= 15 is 0 Å². The zero-order chi connectivity index (χ0) is 9.86. The molecule has 2 heteroatoms. The molecule has 2 fully saturated rings. The molecule has 1 heterocycles. The van der Waals surface area contributed by atoms with Crippen LogP contribution in [-0.4, -0.2) is 26.2 Å². The molecule has 2 aliphatic rings. The monoisotopic (exact) mass is 196 g/mol. The van der Waals surface area contributed by atoms with Gasteiger partial charge in [0.2, 0.25) is 0 Å². The van der Waals surface area contributed by atoms with Crippen LogP contribution in [0, 0.1) is 11.3 Å². The van der Waals surface area contributed by atoms with Crippen molar-refractivity contribution in [3.8, 4) is 0 Å². The van der Waals surface area contributed by atoms with E-state index in [9.17, 15) is 0 Å². The first kappa shape index (κ1) is 10.4. The first-order valence-electron chi connectivity index (χ1n) is 6.20. The van der Waals surface area contributed by atoms with Crippen LogP contribution in [0.15, 0.2) is 0 Å². The van der Waals surface area contributed by atoms with Gasteiger partial charge in [0.15, 0.2) is 0 Å². The van der Waals surface area contributed by atoms with Crippen molar-refractivity contribution < 1.29 is 0 Å². The van der Waals surface area contributed by atoms with Crippen LogP contribution in [0.2, 0.25) is 0 Å². The highest BCUT2D eigenvalue weighted by atomic mass is 15.0. The third kappa shape index (κ3) is 2.71. The molecule has 0 amide bonds. The van der Waals surface area contributed by atoms with Gasteiger partial charge in [0.25, 0.3) is 0 Å². The van der Waals surface area contributed by atoms with E-state index in [4.69, 9.17) is 0 Å². The molecule has 82 valence electrons. The Hall–Kier alpha value is -0.0800. The highest BCUT2D eigenvalue weighted by molar-refractivity contribution is 4.82. The Labute approximate surface area is 87.8 Å². The van der Waals surface area contributed by atoms with Gasteiger partial charge < -0.3 is 10.6 Å². The topological polar surface area (TPSA) is 24.1 Å². The zero-order valence-electron chi connectivity index (χ0n) is 9.44. The fourth-order valence-electron chi connectivity index (χ4n) is 2.65. The molecular formula is C12H24N2. The average molecular weight is 196 g/mol. The summed E-state index contributed by atoms with van der Waals surface area (Å²) in [5.74, 6) is 0.905. The van der Waals surface area contributed by atoms with Crippen LogP contribution < -0.4 is 10.6 Å². The normalized spacial score (nSPS) is 27.2. The maximum Gasteiger partial charge on any atom is 0.000529 e. The molecule has 2 rings (SSSR count). The van der Waals surface area contributed by atoms with E-state index in [0.29, 0.717) is 5.41 Å². The third-order valence-electron chi connectivity index (χ3n) is 3.91. The molecule has 0 unspecified atom stereocenters. The van der Waals surface area contributed by atoms with Gasteiger partial charge >= 0.3 is 0 Å². The van der Waals surface area contributed by atoms with E-state index in [-0.39, 0.29) is 0 Å². The molecule has 14 heavy (non-hydrogen) atoms. The minimum atomic E-state index is 0.607. The lowest BCUT2D eigenvalue weighted by atomic mass is 9.75. The van der Waals surface area contributed by atoms with Crippen molar-refractivity contribution in [1.82, 2.24) is 10.6 Å². The Morgan fingerprint density at radius 3 is 2.50 bits per heavy atom. The second-order valence-electron chi connectivity index (χ2n) is 5.53. The molecule has 2 N–H and O–H groups in total. The Bertz CT molecular complexity index is 169. The predicted molar refractivity (Wildman–Crippen MR) is 60.4 cm³/mol. The summed E-state index contributed by atoms with van der Waals surface area (Å²) in [7, 11) is 0. The largest absolute Gasteiger partial charge is 0.316 e. The molecule has 1 aliphatic heterocycles. The van der Waals surface area contributed by atoms with E-state index < -0.39 is 0 Å². The zero-order valence-corrected chi connectivity index (χ0v) is 9.44. The van der Waals surface area contributed by atoms with Crippen LogP contribution in [0.25, 0.3) is 0 Å². The molecule has 2 nitrogen and oxygen atoms in total. The second kappa shape index (κ2) is 4.63. The van der Waals surface area contributed by atoms with Crippen LogP contribution in [-0.2, 0) is 0 Å². The van der Waals surface area contributed by atoms with Gasteiger partial charge in [-0.2, -0.15) is 0 Å². The first-order chi connectivity index (χ1) is 6.79. The lowest BCUT2D eigenvalue weighted by Crippen LogP contribution is -2.48. The molecule has 1 saturated carbocycles. The van der Waals surface area contributed by atoms with Crippen molar-refractivity contribution >= 4 is 0 Å². The lowest BCUT2D eigenvalue weighted by molar-refractivity contribution is 0.199. The summed E-state index contributed by atoms with van der Waals surface area (Å²) >= 11 is 0. The van der Waals surface area contributed by atoms with Gasteiger partial charge in [-0.1, -0.05) is 26.2 Å². The summed E-state index contributed by atoms with van der Waals surface area (Å²) in [6, 6.07) is 0. The summed E-state index contributed by atoms with van der Waals surface area (Å²) < 4.78 is 0. The maximum absolute atomic E-state index is 3.66. The van der Waals surface area contributed by atoms with Gasteiger partial charge in [0.05, 0.1) is 0 Å². The molecule has 1 aliphatic carbocycles. The summed E-state index contributed by atoms with van der Waals surface area (Å²) in [5.41, 5.74) is 0.607. The van der Waals surface area contributed by atoms with Crippen molar-refractivity contribution in [2.45, 2.75) is 39.0 Å². The van der Waals surface area contributed by atoms with E-state index in [1.807, 2.05) is 0 Å². The lowest BCUT2D eigenvalue weighted by Gasteiger charge is -2.35. The standard InChI is InChI=1S/C12H24N2/c1-12(5-3-2-4-6-12)10-14-9-11-7-13-8-11/h11,13-14H,2-10H2,1H3. The predicted octanol–water partition coefficient (Wildman–Crippen LogP) is 1.77. The van der Waals surface area contributed by atoms with Gasteiger partial charge in [0, 0.05) is 26.2 Å². The Morgan fingerprint density at radius 1 is 1.21 bits per heavy atom. The van der Waals surface area contributed by atoms with E-state index in [2.05, 4.69) is 17.6 Å². The molecule has 0 spiro atoms. The van der Waals surface area contributed by atoms with E-state index in [1.54, 1.807) is 0 Å².